The normalized spacial score (nSPS) is 18.5. The zero-order valence-electron chi connectivity index (χ0n) is 9.87. The molecule has 3 heteroatoms. The van der Waals surface area contributed by atoms with Crippen molar-refractivity contribution in [1.29, 1.82) is 5.26 Å². The third-order valence-electron chi connectivity index (χ3n) is 3.22. The van der Waals surface area contributed by atoms with Gasteiger partial charge < -0.3 is 4.74 Å². The monoisotopic (exact) mass is 221 g/mol. The molecule has 1 unspecified atom stereocenters. The average molecular weight is 221 g/mol. The van der Waals surface area contributed by atoms with Gasteiger partial charge in [-0.05, 0) is 25.2 Å². The number of nitriles is 1. The van der Waals surface area contributed by atoms with Gasteiger partial charge in [-0.3, -0.25) is 0 Å². The molecule has 0 N–H and O–H groups in total. The molecule has 0 radical (unpaired) electrons. The predicted molar refractivity (Wildman–Crippen MR) is 61.5 cm³/mol. The quantitative estimate of drug-likeness (QED) is 0.416. The van der Waals surface area contributed by atoms with Crippen LogP contribution in [0.4, 0.5) is 0 Å². The second-order valence-corrected chi connectivity index (χ2v) is 4.34. The third kappa shape index (κ3) is 3.37. The van der Waals surface area contributed by atoms with Gasteiger partial charge in [0.2, 0.25) is 0 Å². The van der Waals surface area contributed by atoms with Gasteiger partial charge in [-0.25, -0.2) is 4.79 Å². The fraction of sp³-hybridized carbons (Fsp3) is 0.692. The summed E-state index contributed by atoms with van der Waals surface area (Å²) in [7, 11) is 0. The lowest BCUT2D eigenvalue weighted by Gasteiger charge is -2.29. The van der Waals surface area contributed by atoms with Crippen LogP contribution in [0.5, 0.6) is 0 Å². The molecule has 0 amide bonds. The Morgan fingerprint density at radius 2 is 2.12 bits per heavy atom. The molecule has 0 aliphatic heterocycles. The molecule has 1 atom stereocenters. The van der Waals surface area contributed by atoms with Crippen LogP contribution in [-0.2, 0) is 9.53 Å². The second-order valence-electron chi connectivity index (χ2n) is 4.34. The van der Waals surface area contributed by atoms with E-state index in [1.165, 1.54) is 19.3 Å². The SMILES string of the molecule is C=C(C#N)C(=O)OC(CC)C1CCCCC1. The molecule has 1 rings (SSSR count). The van der Waals surface area contributed by atoms with Crippen LogP contribution >= 0.6 is 0 Å². The van der Waals surface area contributed by atoms with E-state index in [1.54, 1.807) is 6.07 Å². The number of hydrogen-bond acceptors (Lipinski definition) is 3. The second kappa shape index (κ2) is 6.32. The zero-order chi connectivity index (χ0) is 12.0. The van der Waals surface area contributed by atoms with Crippen molar-refractivity contribution in [2.75, 3.05) is 0 Å². The summed E-state index contributed by atoms with van der Waals surface area (Å²) >= 11 is 0. The van der Waals surface area contributed by atoms with E-state index < -0.39 is 5.97 Å². The molecule has 0 aromatic carbocycles. The van der Waals surface area contributed by atoms with Crippen LogP contribution in [0.15, 0.2) is 12.2 Å². The summed E-state index contributed by atoms with van der Waals surface area (Å²) in [6, 6.07) is 1.73. The van der Waals surface area contributed by atoms with Gasteiger partial charge in [-0.2, -0.15) is 5.26 Å². The first-order chi connectivity index (χ1) is 7.69. The molecule has 16 heavy (non-hydrogen) atoms. The summed E-state index contributed by atoms with van der Waals surface area (Å²) in [5, 5.41) is 8.55. The zero-order valence-corrected chi connectivity index (χ0v) is 9.87. The molecule has 3 nitrogen and oxygen atoms in total. The Kier molecular flexibility index (Phi) is 5.04. The number of carbonyl (C=O) groups excluding carboxylic acids is 1. The molecule has 1 aliphatic rings. The molecule has 0 heterocycles. The van der Waals surface area contributed by atoms with E-state index in [1.807, 2.05) is 6.92 Å². The number of nitrogens with zero attached hydrogens (tertiary/aromatic N) is 1. The molecule has 1 fully saturated rings. The molecule has 1 aliphatic carbocycles. The van der Waals surface area contributed by atoms with Crippen molar-refractivity contribution in [3.8, 4) is 6.07 Å². The maximum atomic E-state index is 11.4. The lowest BCUT2D eigenvalue weighted by molar-refractivity contribution is -0.147. The van der Waals surface area contributed by atoms with Crippen LogP contribution in [0.1, 0.15) is 45.4 Å². The highest BCUT2D eigenvalue weighted by molar-refractivity contribution is 5.92. The van der Waals surface area contributed by atoms with Gasteiger partial charge in [0.15, 0.2) is 0 Å². The highest BCUT2D eigenvalue weighted by atomic mass is 16.5. The van der Waals surface area contributed by atoms with Crippen LogP contribution in [0, 0.1) is 17.2 Å². The molecular weight excluding hydrogens is 202 g/mol. The predicted octanol–water partition coefficient (Wildman–Crippen LogP) is 2.97. The Morgan fingerprint density at radius 1 is 1.50 bits per heavy atom. The van der Waals surface area contributed by atoms with Gasteiger partial charge in [-0.1, -0.05) is 32.8 Å². The average Bonchev–Trinajstić information content (AvgIpc) is 2.35. The molecule has 0 spiro atoms. The summed E-state index contributed by atoms with van der Waals surface area (Å²) in [5.41, 5.74) is -0.103. The van der Waals surface area contributed by atoms with E-state index in [-0.39, 0.29) is 11.7 Å². The van der Waals surface area contributed by atoms with E-state index in [2.05, 4.69) is 6.58 Å². The largest absolute Gasteiger partial charge is 0.458 e. The summed E-state index contributed by atoms with van der Waals surface area (Å²) < 4.78 is 5.33. The van der Waals surface area contributed by atoms with E-state index in [9.17, 15) is 4.79 Å². The van der Waals surface area contributed by atoms with Gasteiger partial charge in [-0.15, -0.1) is 0 Å². The molecule has 0 bridgehead atoms. The van der Waals surface area contributed by atoms with Crippen LogP contribution in [0.25, 0.3) is 0 Å². The van der Waals surface area contributed by atoms with Crippen molar-refractivity contribution < 1.29 is 9.53 Å². The Bertz CT molecular complexity index is 298. The minimum absolute atomic E-state index is 0.0436. The van der Waals surface area contributed by atoms with Gasteiger partial charge in [0.05, 0.1) is 0 Å². The van der Waals surface area contributed by atoms with Crippen molar-refractivity contribution in [3.63, 3.8) is 0 Å². The third-order valence-corrected chi connectivity index (χ3v) is 3.22. The Labute approximate surface area is 97.1 Å². The maximum Gasteiger partial charge on any atom is 0.348 e. The van der Waals surface area contributed by atoms with Crippen molar-refractivity contribution in [3.05, 3.63) is 12.2 Å². The molecular formula is C13H19NO2. The van der Waals surface area contributed by atoms with E-state index in [4.69, 9.17) is 10.00 Å². The van der Waals surface area contributed by atoms with Gasteiger partial charge in [0.25, 0.3) is 0 Å². The highest BCUT2D eigenvalue weighted by Gasteiger charge is 2.26. The standard InChI is InChI=1S/C13H19NO2/c1-3-12(11-7-5-4-6-8-11)16-13(15)10(2)9-14/h11-12H,2-8H2,1H3. The molecule has 0 aromatic rings. The number of rotatable bonds is 4. The molecule has 88 valence electrons. The van der Waals surface area contributed by atoms with Gasteiger partial charge in [0, 0.05) is 0 Å². The van der Waals surface area contributed by atoms with E-state index in [0.29, 0.717) is 5.92 Å². The van der Waals surface area contributed by atoms with Crippen LogP contribution in [0.3, 0.4) is 0 Å². The van der Waals surface area contributed by atoms with E-state index >= 15 is 0 Å². The summed E-state index contributed by atoms with van der Waals surface area (Å²) in [6.45, 7) is 5.39. The number of hydrogen-bond donors (Lipinski definition) is 0. The summed E-state index contributed by atoms with van der Waals surface area (Å²) in [5.74, 6) is -0.0888. The lowest BCUT2D eigenvalue weighted by atomic mass is 9.84. The summed E-state index contributed by atoms with van der Waals surface area (Å²) in [4.78, 5) is 11.4. The minimum Gasteiger partial charge on any atom is -0.458 e. The highest BCUT2D eigenvalue weighted by Crippen LogP contribution is 2.29. The van der Waals surface area contributed by atoms with Crippen molar-refractivity contribution in [2.24, 2.45) is 5.92 Å². The van der Waals surface area contributed by atoms with Crippen molar-refractivity contribution >= 4 is 5.97 Å². The van der Waals surface area contributed by atoms with Crippen LogP contribution in [-0.4, -0.2) is 12.1 Å². The van der Waals surface area contributed by atoms with Gasteiger partial charge >= 0.3 is 5.97 Å². The Balaban J connectivity index is 2.51. The Morgan fingerprint density at radius 3 is 2.62 bits per heavy atom. The van der Waals surface area contributed by atoms with E-state index in [0.717, 1.165) is 19.3 Å². The molecule has 1 saturated carbocycles. The van der Waals surface area contributed by atoms with Crippen LogP contribution in [0.2, 0.25) is 0 Å². The number of carbonyl (C=O) groups is 1. The molecule has 0 saturated heterocycles. The topological polar surface area (TPSA) is 50.1 Å². The Hall–Kier alpha value is -1.30. The first-order valence-corrected chi connectivity index (χ1v) is 5.99. The minimum atomic E-state index is -0.556. The first kappa shape index (κ1) is 12.8. The maximum absolute atomic E-state index is 11.4. The smallest absolute Gasteiger partial charge is 0.348 e. The van der Waals surface area contributed by atoms with Crippen molar-refractivity contribution in [2.45, 2.75) is 51.6 Å². The first-order valence-electron chi connectivity index (χ1n) is 5.99. The fourth-order valence-electron chi connectivity index (χ4n) is 2.27. The number of ether oxygens (including phenoxy) is 1. The fourth-order valence-corrected chi connectivity index (χ4v) is 2.27. The lowest BCUT2D eigenvalue weighted by Crippen LogP contribution is -2.28. The molecule has 0 aromatic heterocycles. The number of esters is 1. The summed E-state index contributed by atoms with van der Waals surface area (Å²) in [6.07, 6.45) is 6.75. The van der Waals surface area contributed by atoms with Crippen LogP contribution < -0.4 is 0 Å². The van der Waals surface area contributed by atoms with Gasteiger partial charge in [0.1, 0.15) is 17.7 Å². The van der Waals surface area contributed by atoms with Crippen molar-refractivity contribution in [1.82, 2.24) is 0 Å².